The lowest BCUT2D eigenvalue weighted by atomic mass is 9.97. The van der Waals surface area contributed by atoms with Crippen molar-refractivity contribution in [2.75, 3.05) is 19.6 Å². The summed E-state index contributed by atoms with van der Waals surface area (Å²) in [4.78, 5) is 2.52. The van der Waals surface area contributed by atoms with E-state index in [0.29, 0.717) is 12.1 Å². The molecule has 90 valence electrons. The maximum atomic E-state index is 5.94. The molecule has 3 heteroatoms. The monoisotopic (exact) mass is 213 g/mol. The molecule has 1 heterocycles. The highest BCUT2D eigenvalue weighted by Gasteiger charge is 2.38. The van der Waals surface area contributed by atoms with Crippen LogP contribution in [0.4, 0.5) is 0 Å². The first-order chi connectivity index (χ1) is 7.03. The van der Waals surface area contributed by atoms with E-state index in [1.165, 1.54) is 19.4 Å². The van der Waals surface area contributed by atoms with Crippen LogP contribution in [0.25, 0.3) is 0 Å². The smallest absolute Gasteiger partial charge is 0.0446 e. The summed E-state index contributed by atoms with van der Waals surface area (Å²) < 4.78 is 0. The van der Waals surface area contributed by atoms with Gasteiger partial charge in [0.25, 0.3) is 0 Å². The lowest BCUT2D eigenvalue weighted by molar-refractivity contribution is 0.232. The Bertz CT molecular complexity index is 193. The molecule has 0 aliphatic carbocycles. The fourth-order valence-corrected chi connectivity index (χ4v) is 2.31. The number of nitrogens with two attached hydrogens (primary N) is 1. The minimum Gasteiger partial charge on any atom is -0.329 e. The normalized spacial score (nSPS) is 30.0. The zero-order valence-electron chi connectivity index (χ0n) is 10.7. The van der Waals surface area contributed by atoms with E-state index >= 15 is 0 Å². The molecule has 0 radical (unpaired) electrons. The van der Waals surface area contributed by atoms with Gasteiger partial charge in [-0.3, -0.25) is 4.90 Å². The van der Waals surface area contributed by atoms with Crippen LogP contribution in [0.15, 0.2) is 0 Å². The average molecular weight is 213 g/mol. The van der Waals surface area contributed by atoms with Gasteiger partial charge in [-0.25, -0.2) is 0 Å². The van der Waals surface area contributed by atoms with Gasteiger partial charge in [-0.2, -0.15) is 0 Å². The second-order valence-electron chi connectivity index (χ2n) is 5.25. The predicted molar refractivity (Wildman–Crippen MR) is 66.0 cm³/mol. The van der Waals surface area contributed by atoms with Gasteiger partial charge in [0.1, 0.15) is 0 Å². The SMILES string of the molecule is CCC(C)NC1(CN)CCN(C(C)C)C1. The Morgan fingerprint density at radius 3 is 2.47 bits per heavy atom. The maximum absolute atomic E-state index is 5.94. The third-order valence-electron chi connectivity index (χ3n) is 3.67. The largest absolute Gasteiger partial charge is 0.329 e. The third-order valence-corrected chi connectivity index (χ3v) is 3.67. The van der Waals surface area contributed by atoms with Crippen LogP contribution in [0.1, 0.15) is 40.5 Å². The summed E-state index contributed by atoms with van der Waals surface area (Å²) >= 11 is 0. The molecule has 3 N–H and O–H groups in total. The summed E-state index contributed by atoms with van der Waals surface area (Å²) in [5.41, 5.74) is 6.11. The number of nitrogens with zero attached hydrogens (tertiary/aromatic N) is 1. The second-order valence-corrected chi connectivity index (χ2v) is 5.25. The van der Waals surface area contributed by atoms with Crippen LogP contribution in [-0.4, -0.2) is 42.2 Å². The van der Waals surface area contributed by atoms with Crippen molar-refractivity contribution in [1.29, 1.82) is 0 Å². The highest BCUT2D eigenvalue weighted by Crippen LogP contribution is 2.23. The van der Waals surface area contributed by atoms with Crippen LogP contribution in [0.3, 0.4) is 0 Å². The summed E-state index contributed by atoms with van der Waals surface area (Å²) in [7, 11) is 0. The van der Waals surface area contributed by atoms with Crippen molar-refractivity contribution in [3.63, 3.8) is 0 Å². The van der Waals surface area contributed by atoms with E-state index < -0.39 is 0 Å². The molecule has 1 fully saturated rings. The van der Waals surface area contributed by atoms with Gasteiger partial charge in [0.05, 0.1) is 0 Å². The number of hydrogen-bond acceptors (Lipinski definition) is 3. The minimum absolute atomic E-state index is 0.166. The van der Waals surface area contributed by atoms with E-state index in [2.05, 4.69) is 37.9 Å². The Morgan fingerprint density at radius 2 is 2.07 bits per heavy atom. The van der Waals surface area contributed by atoms with Gasteiger partial charge in [0.2, 0.25) is 0 Å². The lowest BCUT2D eigenvalue weighted by Gasteiger charge is -2.33. The van der Waals surface area contributed by atoms with Crippen LogP contribution in [0.2, 0.25) is 0 Å². The zero-order chi connectivity index (χ0) is 11.5. The Labute approximate surface area is 94.4 Å². The molecule has 0 aromatic rings. The van der Waals surface area contributed by atoms with E-state index in [9.17, 15) is 0 Å². The molecule has 2 unspecified atom stereocenters. The van der Waals surface area contributed by atoms with Crippen molar-refractivity contribution in [1.82, 2.24) is 10.2 Å². The molecular weight excluding hydrogens is 186 g/mol. The molecule has 2 atom stereocenters. The molecule has 0 bridgehead atoms. The molecule has 15 heavy (non-hydrogen) atoms. The quantitative estimate of drug-likeness (QED) is 0.721. The van der Waals surface area contributed by atoms with Crippen molar-refractivity contribution in [2.24, 2.45) is 5.73 Å². The van der Waals surface area contributed by atoms with Crippen molar-refractivity contribution >= 4 is 0 Å². The van der Waals surface area contributed by atoms with Crippen LogP contribution in [0, 0.1) is 0 Å². The summed E-state index contributed by atoms with van der Waals surface area (Å²) in [6.07, 6.45) is 2.36. The molecule has 0 amide bonds. The highest BCUT2D eigenvalue weighted by atomic mass is 15.2. The van der Waals surface area contributed by atoms with Crippen molar-refractivity contribution in [3.05, 3.63) is 0 Å². The fraction of sp³-hybridized carbons (Fsp3) is 1.00. The van der Waals surface area contributed by atoms with Crippen molar-refractivity contribution in [2.45, 2.75) is 58.2 Å². The number of rotatable bonds is 5. The first-order valence-corrected chi connectivity index (χ1v) is 6.25. The number of likely N-dealkylation sites (tertiary alicyclic amines) is 1. The molecule has 1 rings (SSSR count). The molecule has 1 aliphatic heterocycles. The third kappa shape index (κ3) is 3.16. The van der Waals surface area contributed by atoms with E-state index in [-0.39, 0.29) is 5.54 Å². The molecule has 0 aromatic carbocycles. The van der Waals surface area contributed by atoms with Crippen LogP contribution in [-0.2, 0) is 0 Å². The second kappa shape index (κ2) is 5.28. The first-order valence-electron chi connectivity index (χ1n) is 6.25. The van der Waals surface area contributed by atoms with Gasteiger partial charge in [-0.1, -0.05) is 6.92 Å². The summed E-state index contributed by atoms with van der Waals surface area (Å²) in [6.45, 7) is 12.0. The van der Waals surface area contributed by atoms with Gasteiger partial charge >= 0.3 is 0 Å². The van der Waals surface area contributed by atoms with E-state index in [1.807, 2.05) is 0 Å². The summed E-state index contributed by atoms with van der Waals surface area (Å²) in [5.74, 6) is 0. The maximum Gasteiger partial charge on any atom is 0.0446 e. The number of nitrogens with one attached hydrogen (secondary N) is 1. The van der Waals surface area contributed by atoms with Crippen molar-refractivity contribution < 1.29 is 0 Å². The standard InChI is InChI=1S/C12H27N3/c1-5-11(4)14-12(8-13)6-7-15(9-12)10(2)3/h10-11,14H,5-9,13H2,1-4H3. The van der Waals surface area contributed by atoms with E-state index in [0.717, 1.165) is 13.1 Å². The summed E-state index contributed by atoms with van der Waals surface area (Å²) in [6, 6.07) is 1.21. The Balaban J connectivity index is 2.56. The number of hydrogen-bond donors (Lipinski definition) is 2. The Hall–Kier alpha value is -0.120. The molecule has 3 nitrogen and oxygen atoms in total. The molecule has 0 saturated carbocycles. The highest BCUT2D eigenvalue weighted by molar-refractivity contribution is 4.99. The van der Waals surface area contributed by atoms with Crippen LogP contribution >= 0.6 is 0 Å². The first kappa shape index (κ1) is 12.9. The van der Waals surface area contributed by atoms with Crippen LogP contribution in [0.5, 0.6) is 0 Å². The van der Waals surface area contributed by atoms with Gasteiger partial charge in [0.15, 0.2) is 0 Å². The molecular formula is C12H27N3. The Morgan fingerprint density at radius 1 is 1.40 bits per heavy atom. The zero-order valence-corrected chi connectivity index (χ0v) is 10.7. The van der Waals surface area contributed by atoms with Gasteiger partial charge in [-0.05, 0) is 33.6 Å². The molecule has 0 aromatic heterocycles. The predicted octanol–water partition coefficient (Wildman–Crippen LogP) is 1.19. The topological polar surface area (TPSA) is 41.3 Å². The Kier molecular flexibility index (Phi) is 4.56. The van der Waals surface area contributed by atoms with E-state index in [1.54, 1.807) is 0 Å². The molecule has 0 spiro atoms. The van der Waals surface area contributed by atoms with Gasteiger partial charge in [0, 0.05) is 37.3 Å². The minimum atomic E-state index is 0.166. The summed E-state index contributed by atoms with van der Waals surface area (Å²) in [5, 5.41) is 3.71. The average Bonchev–Trinajstić information content (AvgIpc) is 2.63. The van der Waals surface area contributed by atoms with E-state index in [4.69, 9.17) is 5.73 Å². The van der Waals surface area contributed by atoms with Gasteiger partial charge < -0.3 is 11.1 Å². The molecule has 1 aliphatic rings. The molecule has 1 saturated heterocycles. The van der Waals surface area contributed by atoms with Crippen LogP contribution < -0.4 is 11.1 Å². The lowest BCUT2D eigenvalue weighted by Crippen LogP contribution is -2.56. The fourth-order valence-electron chi connectivity index (χ4n) is 2.31. The van der Waals surface area contributed by atoms with Crippen molar-refractivity contribution in [3.8, 4) is 0 Å². The van der Waals surface area contributed by atoms with Gasteiger partial charge in [-0.15, -0.1) is 0 Å².